The van der Waals surface area contributed by atoms with Gasteiger partial charge < -0.3 is 10.2 Å². The molecule has 0 radical (unpaired) electrons. The lowest BCUT2D eigenvalue weighted by molar-refractivity contribution is 0.246. The van der Waals surface area contributed by atoms with E-state index in [1.54, 1.807) is 6.33 Å². The lowest BCUT2D eigenvalue weighted by Gasteiger charge is -2.40. The summed E-state index contributed by atoms with van der Waals surface area (Å²) in [7, 11) is 0. The molecule has 1 aromatic rings. The highest BCUT2D eigenvalue weighted by atomic mass is 15.2. The Morgan fingerprint density at radius 2 is 1.83 bits per heavy atom. The standard InChI is InChI=1S/C14H22N4/c1-2-5-14(6-3-1)11-18(8-4-7-17-14)13-9-15-12-16-10-13/h9-10,12,17H,1-8,11H2. The van der Waals surface area contributed by atoms with Gasteiger partial charge in [0.25, 0.3) is 0 Å². The summed E-state index contributed by atoms with van der Waals surface area (Å²) in [6, 6.07) is 0. The van der Waals surface area contributed by atoms with Crippen molar-refractivity contribution in [3.05, 3.63) is 18.7 Å². The Hall–Kier alpha value is -1.16. The molecular formula is C14H22N4. The summed E-state index contributed by atoms with van der Waals surface area (Å²) >= 11 is 0. The lowest BCUT2D eigenvalue weighted by atomic mass is 9.81. The Labute approximate surface area is 109 Å². The number of nitrogens with one attached hydrogen (secondary N) is 1. The van der Waals surface area contributed by atoms with Gasteiger partial charge >= 0.3 is 0 Å². The average Bonchev–Trinajstić information content (AvgIpc) is 2.64. The first-order valence-electron chi connectivity index (χ1n) is 7.13. The van der Waals surface area contributed by atoms with Crippen LogP contribution in [-0.2, 0) is 0 Å². The van der Waals surface area contributed by atoms with E-state index in [0.717, 1.165) is 19.6 Å². The van der Waals surface area contributed by atoms with Gasteiger partial charge in [-0.3, -0.25) is 0 Å². The normalized spacial score (nSPS) is 23.9. The molecule has 0 atom stereocenters. The third kappa shape index (κ3) is 2.48. The lowest BCUT2D eigenvalue weighted by Crippen LogP contribution is -2.52. The molecule has 1 N–H and O–H groups in total. The second-order valence-corrected chi connectivity index (χ2v) is 5.64. The van der Waals surface area contributed by atoms with Crippen LogP contribution in [0, 0.1) is 0 Å². The first-order valence-corrected chi connectivity index (χ1v) is 7.13. The van der Waals surface area contributed by atoms with Crippen LogP contribution in [0.25, 0.3) is 0 Å². The molecule has 4 nitrogen and oxygen atoms in total. The van der Waals surface area contributed by atoms with Crippen LogP contribution in [0.15, 0.2) is 18.7 Å². The van der Waals surface area contributed by atoms with Crippen LogP contribution in [0.2, 0.25) is 0 Å². The van der Waals surface area contributed by atoms with Gasteiger partial charge in [-0.05, 0) is 25.8 Å². The Morgan fingerprint density at radius 1 is 1.06 bits per heavy atom. The Kier molecular flexibility index (Phi) is 3.46. The number of hydrogen-bond acceptors (Lipinski definition) is 4. The second kappa shape index (κ2) is 5.22. The van der Waals surface area contributed by atoms with Gasteiger partial charge in [-0.25, -0.2) is 9.97 Å². The second-order valence-electron chi connectivity index (χ2n) is 5.64. The molecule has 1 aromatic heterocycles. The van der Waals surface area contributed by atoms with E-state index >= 15 is 0 Å². The maximum Gasteiger partial charge on any atom is 0.115 e. The molecule has 0 bridgehead atoms. The fourth-order valence-electron chi connectivity index (χ4n) is 3.36. The zero-order valence-electron chi connectivity index (χ0n) is 10.9. The van der Waals surface area contributed by atoms with Crippen molar-refractivity contribution >= 4 is 5.69 Å². The largest absolute Gasteiger partial charge is 0.367 e. The van der Waals surface area contributed by atoms with Crippen LogP contribution in [0.3, 0.4) is 0 Å². The minimum absolute atomic E-state index is 0.338. The molecule has 98 valence electrons. The van der Waals surface area contributed by atoms with E-state index < -0.39 is 0 Å². The van der Waals surface area contributed by atoms with Gasteiger partial charge in [-0.15, -0.1) is 0 Å². The SMILES string of the molecule is c1ncc(N2CCCNC3(CCCCC3)C2)cn1. The highest BCUT2D eigenvalue weighted by Crippen LogP contribution is 2.31. The van der Waals surface area contributed by atoms with E-state index in [9.17, 15) is 0 Å². The third-order valence-electron chi connectivity index (χ3n) is 4.32. The number of rotatable bonds is 1. The van der Waals surface area contributed by atoms with Crippen molar-refractivity contribution in [1.29, 1.82) is 0 Å². The monoisotopic (exact) mass is 246 g/mol. The van der Waals surface area contributed by atoms with Crippen molar-refractivity contribution < 1.29 is 0 Å². The van der Waals surface area contributed by atoms with Gasteiger partial charge in [0.2, 0.25) is 0 Å². The van der Waals surface area contributed by atoms with Gasteiger partial charge in [0.15, 0.2) is 0 Å². The van der Waals surface area contributed by atoms with Gasteiger partial charge in [0.05, 0.1) is 18.1 Å². The molecule has 2 aliphatic rings. The maximum atomic E-state index is 4.15. The third-order valence-corrected chi connectivity index (χ3v) is 4.32. The summed E-state index contributed by atoms with van der Waals surface area (Å²) in [5, 5.41) is 3.81. The van der Waals surface area contributed by atoms with E-state index in [1.807, 2.05) is 12.4 Å². The first kappa shape index (κ1) is 11.9. The summed E-state index contributed by atoms with van der Waals surface area (Å²) in [6.45, 7) is 3.37. The highest BCUT2D eigenvalue weighted by Gasteiger charge is 2.34. The molecule has 2 heterocycles. The zero-order valence-corrected chi connectivity index (χ0v) is 10.9. The smallest absolute Gasteiger partial charge is 0.115 e. The van der Waals surface area contributed by atoms with Crippen LogP contribution in [0.5, 0.6) is 0 Å². The molecule has 1 saturated heterocycles. The van der Waals surface area contributed by atoms with Crippen molar-refractivity contribution in [2.24, 2.45) is 0 Å². The molecule has 3 rings (SSSR count). The number of hydrogen-bond donors (Lipinski definition) is 1. The minimum atomic E-state index is 0.338. The Balaban J connectivity index is 1.78. The summed E-state index contributed by atoms with van der Waals surface area (Å²) in [4.78, 5) is 10.8. The highest BCUT2D eigenvalue weighted by molar-refractivity contribution is 5.42. The molecule has 1 saturated carbocycles. The first-order chi connectivity index (χ1) is 8.88. The van der Waals surface area contributed by atoms with E-state index in [2.05, 4.69) is 20.2 Å². The number of nitrogens with zero attached hydrogens (tertiary/aromatic N) is 3. The summed E-state index contributed by atoms with van der Waals surface area (Å²) in [6.07, 6.45) is 13.5. The van der Waals surface area contributed by atoms with Crippen LogP contribution in [-0.4, -0.2) is 35.1 Å². The summed E-state index contributed by atoms with van der Waals surface area (Å²) in [5.74, 6) is 0. The number of aromatic nitrogens is 2. The zero-order chi connectivity index (χ0) is 12.3. The van der Waals surface area contributed by atoms with Gasteiger partial charge in [0.1, 0.15) is 6.33 Å². The van der Waals surface area contributed by atoms with Crippen molar-refractivity contribution in [2.45, 2.75) is 44.1 Å². The van der Waals surface area contributed by atoms with E-state index in [-0.39, 0.29) is 0 Å². The number of anilines is 1. The summed E-state index contributed by atoms with van der Waals surface area (Å²) < 4.78 is 0. The topological polar surface area (TPSA) is 41.1 Å². The quantitative estimate of drug-likeness (QED) is 0.822. The van der Waals surface area contributed by atoms with Crippen LogP contribution < -0.4 is 10.2 Å². The fraction of sp³-hybridized carbons (Fsp3) is 0.714. The van der Waals surface area contributed by atoms with Crippen molar-refractivity contribution in [1.82, 2.24) is 15.3 Å². The fourth-order valence-corrected chi connectivity index (χ4v) is 3.36. The average molecular weight is 246 g/mol. The Bertz CT molecular complexity index is 373. The molecule has 0 aromatic carbocycles. The molecular weight excluding hydrogens is 224 g/mol. The van der Waals surface area contributed by atoms with E-state index in [4.69, 9.17) is 0 Å². The van der Waals surface area contributed by atoms with Crippen molar-refractivity contribution in [3.63, 3.8) is 0 Å². The predicted molar refractivity (Wildman–Crippen MR) is 72.7 cm³/mol. The molecule has 1 aliphatic heterocycles. The maximum absolute atomic E-state index is 4.15. The minimum Gasteiger partial charge on any atom is -0.367 e. The van der Waals surface area contributed by atoms with Crippen molar-refractivity contribution in [3.8, 4) is 0 Å². The van der Waals surface area contributed by atoms with Crippen LogP contribution >= 0.6 is 0 Å². The molecule has 0 unspecified atom stereocenters. The van der Waals surface area contributed by atoms with Gasteiger partial charge in [-0.1, -0.05) is 19.3 Å². The molecule has 18 heavy (non-hydrogen) atoms. The Morgan fingerprint density at radius 3 is 2.61 bits per heavy atom. The van der Waals surface area contributed by atoms with Gasteiger partial charge in [-0.2, -0.15) is 0 Å². The van der Waals surface area contributed by atoms with Crippen LogP contribution in [0.1, 0.15) is 38.5 Å². The molecule has 4 heteroatoms. The summed E-state index contributed by atoms with van der Waals surface area (Å²) in [5.41, 5.74) is 1.51. The van der Waals surface area contributed by atoms with Crippen LogP contribution in [0.4, 0.5) is 5.69 Å². The van der Waals surface area contributed by atoms with Crippen molar-refractivity contribution in [2.75, 3.05) is 24.5 Å². The molecule has 1 aliphatic carbocycles. The van der Waals surface area contributed by atoms with E-state index in [0.29, 0.717) is 5.54 Å². The predicted octanol–water partition coefficient (Wildman–Crippen LogP) is 1.98. The molecule has 2 fully saturated rings. The van der Waals surface area contributed by atoms with Gasteiger partial charge in [0, 0.05) is 18.6 Å². The molecule has 1 spiro atoms. The molecule has 0 amide bonds. The van der Waals surface area contributed by atoms with E-state index in [1.165, 1.54) is 44.2 Å².